The SMILES string of the molecule is CCN[C@H](C)CNC(=O)c1cc(Cl)cc(Cl)c1. The Morgan fingerprint density at radius 1 is 1.29 bits per heavy atom. The number of halogens is 2. The van der Waals surface area contributed by atoms with Crippen molar-refractivity contribution in [3.8, 4) is 0 Å². The molecule has 0 saturated carbocycles. The Morgan fingerprint density at radius 3 is 2.41 bits per heavy atom. The number of carbonyl (C=O) groups is 1. The number of nitrogens with one attached hydrogen (secondary N) is 2. The first-order valence-corrected chi connectivity index (χ1v) is 6.26. The minimum absolute atomic E-state index is 0.167. The van der Waals surface area contributed by atoms with E-state index in [1.807, 2.05) is 13.8 Å². The van der Waals surface area contributed by atoms with Crippen LogP contribution in [0.25, 0.3) is 0 Å². The third kappa shape index (κ3) is 4.94. The monoisotopic (exact) mass is 274 g/mol. The van der Waals surface area contributed by atoms with Crippen LogP contribution in [0.1, 0.15) is 24.2 Å². The Labute approximate surface area is 111 Å². The Kier molecular flexibility index (Phi) is 5.75. The van der Waals surface area contributed by atoms with Gasteiger partial charge in [-0.1, -0.05) is 30.1 Å². The molecule has 1 aromatic rings. The summed E-state index contributed by atoms with van der Waals surface area (Å²) in [7, 11) is 0. The van der Waals surface area contributed by atoms with Gasteiger partial charge in [0, 0.05) is 28.2 Å². The predicted octanol–water partition coefficient (Wildman–Crippen LogP) is 2.72. The Morgan fingerprint density at radius 2 is 1.88 bits per heavy atom. The summed E-state index contributed by atoms with van der Waals surface area (Å²) < 4.78 is 0. The molecule has 0 unspecified atom stereocenters. The van der Waals surface area contributed by atoms with E-state index in [4.69, 9.17) is 23.2 Å². The zero-order valence-electron chi connectivity index (χ0n) is 9.89. The number of carbonyl (C=O) groups excluding carboxylic acids is 1. The van der Waals surface area contributed by atoms with Crippen molar-refractivity contribution >= 4 is 29.1 Å². The Balaban J connectivity index is 2.58. The number of rotatable bonds is 5. The van der Waals surface area contributed by atoms with Crippen LogP contribution in [0.3, 0.4) is 0 Å². The smallest absolute Gasteiger partial charge is 0.251 e. The molecular weight excluding hydrogens is 259 g/mol. The molecule has 1 rings (SSSR count). The van der Waals surface area contributed by atoms with E-state index in [0.29, 0.717) is 22.2 Å². The highest BCUT2D eigenvalue weighted by Gasteiger charge is 2.08. The van der Waals surface area contributed by atoms with E-state index in [1.165, 1.54) is 0 Å². The molecule has 3 nitrogen and oxygen atoms in total. The first-order valence-electron chi connectivity index (χ1n) is 5.50. The number of hydrogen-bond donors (Lipinski definition) is 2. The molecule has 0 aliphatic carbocycles. The van der Waals surface area contributed by atoms with Crippen molar-refractivity contribution in [1.29, 1.82) is 0 Å². The van der Waals surface area contributed by atoms with Crippen LogP contribution in [-0.4, -0.2) is 25.0 Å². The lowest BCUT2D eigenvalue weighted by atomic mass is 10.2. The van der Waals surface area contributed by atoms with Crippen molar-refractivity contribution in [3.05, 3.63) is 33.8 Å². The molecule has 0 radical (unpaired) electrons. The standard InChI is InChI=1S/C12H16Cl2N2O/c1-3-15-8(2)7-16-12(17)9-4-10(13)6-11(14)5-9/h4-6,8,15H,3,7H2,1-2H3,(H,16,17)/t8-/m1/s1. The molecule has 0 heterocycles. The van der Waals surface area contributed by atoms with Crippen molar-refractivity contribution in [1.82, 2.24) is 10.6 Å². The number of amides is 1. The number of likely N-dealkylation sites (N-methyl/N-ethyl adjacent to an activating group) is 1. The highest BCUT2D eigenvalue weighted by atomic mass is 35.5. The lowest BCUT2D eigenvalue weighted by molar-refractivity contribution is 0.0950. The van der Waals surface area contributed by atoms with Crippen LogP contribution in [0, 0.1) is 0 Å². The lowest BCUT2D eigenvalue weighted by Gasteiger charge is -2.13. The van der Waals surface area contributed by atoms with Crippen LogP contribution in [-0.2, 0) is 0 Å². The van der Waals surface area contributed by atoms with Gasteiger partial charge in [0.1, 0.15) is 0 Å². The fraction of sp³-hybridized carbons (Fsp3) is 0.417. The summed E-state index contributed by atoms with van der Waals surface area (Å²) in [6.45, 7) is 5.47. The minimum Gasteiger partial charge on any atom is -0.350 e. The molecule has 0 fully saturated rings. The van der Waals surface area contributed by atoms with Gasteiger partial charge in [-0.3, -0.25) is 4.79 Å². The van der Waals surface area contributed by atoms with E-state index in [2.05, 4.69) is 10.6 Å². The summed E-state index contributed by atoms with van der Waals surface area (Å²) in [4.78, 5) is 11.8. The number of hydrogen-bond acceptors (Lipinski definition) is 2. The third-order valence-electron chi connectivity index (χ3n) is 2.25. The van der Waals surface area contributed by atoms with Crippen molar-refractivity contribution in [2.45, 2.75) is 19.9 Å². The van der Waals surface area contributed by atoms with Crippen molar-refractivity contribution in [2.24, 2.45) is 0 Å². The second-order valence-electron chi connectivity index (χ2n) is 3.83. The fourth-order valence-corrected chi connectivity index (χ4v) is 1.98. The van der Waals surface area contributed by atoms with Gasteiger partial charge in [-0.15, -0.1) is 0 Å². The third-order valence-corrected chi connectivity index (χ3v) is 2.68. The van der Waals surface area contributed by atoms with Gasteiger partial charge in [-0.25, -0.2) is 0 Å². The van der Waals surface area contributed by atoms with Gasteiger partial charge in [0.15, 0.2) is 0 Å². The highest BCUT2D eigenvalue weighted by Crippen LogP contribution is 2.18. The van der Waals surface area contributed by atoms with Crippen LogP contribution in [0.2, 0.25) is 10.0 Å². The summed E-state index contributed by atoms with van der Waals surface area (Å²) in [5.74, 6) is -0.167. The van der Waals surface area contributed by atoms with Gasteiger partial charge in [0.05, 0.1) is 0 Å². The van der Waals surface area contributed by atoms with Crippen LogP contribution in [0.15, 0.2) is 18.2 Å². The predicted molar refractivity (Wildman–Crippen MR) is 71.9 cm³/mol. The normalized spacial score (nSPS) is 12.2. The van der Waals surface area contributed by atoms with E-state index in [0.717, 1.165) is 6.54 Å². The number of benzene rings is 1. The van der Waals surface area contributed by atoms with Crippen molar-refractivity contribution < 1.29 is 4.79 Å². The minimum atomic E-state index is -0.167. The van der Waals surface area contributed by atoms with Gasteiger partial charge >= 0.3 is 0 Å². The van der Waals surface area contributed by atoms with Crippen LogP contribution < -0.4 is 10.6 Å². The fourth-order valence-electron chi connectivity index (χ4n) is 1.45. The molecule has 1 amide bonds. The van der Waals surface area contributed by atoms with E-state index in [9.17, 15) is 4.79 Å². The summed E-state index contributed by atoms with van der Waals surface area (Å²) in [6.07, 6.45) is 0. The van der Waals surface area contributed by atoms with Gasteiger partial charge in [0.25, 0.3) is 5.91 Å². The Hall–Kier alpha value is -0.770. The van der Waals surface area contributed by atoms with E-state index < -0.39 is 0 Å². The molecule has 5 heteroatoms. The maximum atomic E-state index is 11.8. The van der Waals surface area contributed by atoms with Crippen molar-refractivity contribution in [2.75, 3.05) is 13.1 Å². The lowest BCUT2D eigenvalue weighted by Crippen LogP contribution is -2.38. The van der Waals surface area contributed by atoms with Gasteiger partial charge in [-0.2, -0.15) is 0 Å². The van der Waals surface area contributed by atoms with Gasteiger partial charge in [-0.05, 0) is 31.7 Å². The van der Waals surface area contributed by atoms with Crippen LogP contribution >= 0.6 is 23.2 Å². The summed E-state index contributed by atoms with van der Waals surface area (Å²) in [6, 6.07) is 5.03. The van der Waals surface area contributed by atoms with Crippen LogP contribution in [0.5, 0.6) is 0 Å². The molecular formula is C12H16Cl2N2O. The summed E-state index contributed by atoms with van der Waals surface area (Å²) >= 11 is 11.7. The average molecular weight is 275 g/mol. The topological polar surface area (TPSA) is 41.1 Å². The molecule has 0 aliphatic rings. The maximum absolute atomic E-state index is 11.8. The zero-order chi connectivity index (χ0) is 12.8. The second-order valence-corrected chi connectivity index (χ2v) is 4.70. The summed E-state index contributed by atoms with van der Waals surface area (Å²) in [5, 5.41) is 6.95. The molecule has 2 N–H and O–H groups in total. The molecule has 1 aromatic carbocycles. The van der Waals surface area contributed by atoms with Gasteiger partial charge in [0.2, 0.25) is 0 Å². The van der Waals surface area contributed by atoms with Crippen molar-refractivity contribution in [3.63, 3.8) is 0 Å². The molecule has 0 aromatic heterocycles. The summed E-state index contributed by atoms with van der Waals surface area (Å²) in [5.41, 5.74) is 0.478. The average Bonchev–Trinajstić information content (AvgIpc) is 2.25. The van der Waals surface area contributed by atoms with E-state index in [-0.39, 0.29) is 11.9 Å². The molecule has 0 bridgehead atoms. The maximum Gasteiger partial charge on any atom is 0.251 e. The molecule has 1 atom stereocenters. The highest BCUT2D eigenvalue weighted by molar-refractivity contribution is 6.35. The first-order chi connectivity index (χ1) is 8.02. The molecule has 0 spiro atoms. The second kappa shape index (κ2) is 6.84. The van der Waals surface area contributed by atoms with E-state index >= 15 is 0 Å². The van der Waals surface area contributed by atoms with E-state index in [1.54, 1.807) is 18.2 Å². The largest absolute Gasteiger partial charge is 0.350 e. The molecule has 17 heavy (non-hydrogen) atoms. The molecule has 0 aliphatic heterocycles. The molecule has 0 saturated heterocycles. The van der Waals surface area contributed by atoms with Gasteiger partial charge < -0.3 is 10.6 Å². The van der Waals surface area contributed by atoms with Crippen LogP contribution in [0.4, 0.5) is 0 Å². The quantitative estimate of drug-likeness (QED) is 0.867. The molecule has 94 valence electrons. The Bertz CT molecular complexity index is 376. The zero-order valence-corrected chi connectivity index (χ0v) is 11.4. The first kappa shape index (κ1) is 14.3.